The van der Waals surface area contributed by atoms with E-state index in [1.165, 1.54) is 0 Å². The van der Waals surface area contributed by atoms with Crippen LogP contribution < -0.4 is 5.46 Å². The minimum atomic E-state index is -2.04. The Bertz CT molecular complexity index is 282. The Labute approximate surface area is 73.2 Å². The zero-order chi connectivity index (χ0) is 9.30. The monoisotopic (exact) mass is 190 g/mol. The molecule has 0 aliphatic heterocycles. The van der Waals surface area contributed by atoms with Crippen LogP contribution in [0.25, 0.3) is 0 Å². The number of rotatable bonds is 1. The zero-order valence-corrected chi connectivity index (χ0v) is 6.59. The van der Waals surface area contributed by atoms with Crippen LogP contribution in [-0.4, -0.2) is 22.3 Å². The first-order valence-electron chi connectivity index (χ1n) is 3.06. The van der Waals surface area contributed by atoms with Crippen molar-refractivity contribution in [2.75, 3.05) is 0 Å². The number of aromatic hydroxyl groups is 1. The third-order valence-electron chi connectivity index (χ3n) is 1.33. The minimum absolute atomic E-state index is 0.00519. The van der Waals surface area contributed by atoms with Crippen LogP contribution in [0.1, 0.15) is 0 Å². The van der Waals surface area contributed by atoms with Gasteiger partial charge in [-0.3, -0.25) is 0 Å². The van der Waals surface area contributed by atoms with Crippen LogP contribution in [0.4, 0.5) is 4.39 Å². The number of benzene rings is 1. The molecule has 0 heterocycles. The van der Waals surface area contributed by atoms with Gasteiger partial charge in [-0.1, -0.05) is 11.6 Å². The molecule has 0 radical (unpaired) electrons. The summed E-state index contributed by atoms with van der Waals surface area (Å²) in [4.78, 5) is 0. The van der Waals surface area contributed by atoms with Crippen LogP contribution in [0.2, 0.25) is 5.02 Å². The van der Waals surface area contributed by atoms with Crippen molar-refractivity contribution < 1.29 is 19.5 Å². The van der Waals surface area contributed by atoms with Gasteiger partial charge >= 0.3 is 7.12 Å². The Kier molecular flexibility index (Phi) is 2.57. The molecule has 1 aromatic rings. The fourth-order valence-electron chi connectivity index (χ4n) is 0.827. The van der Waals surface area contributed by atoms with Gasteiger partial charge in [0.15, 0.2) is 0 Å². The predicted molar refractivity (Wildman–Crippen MR) is 42.9 cm³/mol. The molecule has 3 nitrogen and oxygen atoms in total. The third-order valence-corrected chi connectivity index (χ3v) is 1.55. The molecule has 0 saturated heterocycles. The maximum atomic E-state index is 12.8. The van der Waals surface area contributed by atoms with E-state index < -0.39 is 24.1 Å². The van der Waals surface area contributed by atoms with E-state index in [-0.39, 0.29) is 5.02 Å². The van der Waals surface area contributed by atoms with E-state index in [1.54, 1.807) is 0 Å². The van der Waals surface area contributed by atoms with Gasteiger partial charge in [-0.05, 0) is 12.1 Å². The number of hydrogen-bond acceptors (Lipinski definition) is 3. The molecular formula is C6H5BClFO3. The van der Waals surface area contributed by atoms with Crippen LogP contribution in [0.3, 0.4) is 0 Å². The highest BCUT2D eigenvalue weighted by molar-refractivity contribution is 6.60. The summed E-state index contributed by atoms with van der Waals surface area (Å²) >= 11 is 5.36. The lowest BCUT2D eigenvalue weighted by Crippen LogP contribution is -2.32. The highest BCUT2D eigenvalue weighted by Crippen LogP contribution is 2.16. The lowest BCUT2D eigenvalue weighted by molar-refractivity contribution is 0.415. The lowest BCUT2D eigenvalue weighted by atomic mass is 9.79. The highest BCUT2D eigenvalue weighted by Gasteiger charge is 2.21. The molecule has 6 heteroatoms. The smallest absolute Gasteiger partial charge is 0.495 e. The molecule has 1 rings (SSSR count). The standard InChI is InChI=1S/C6H5BClFO3/c8-3-1-4(9)6(7(11)12)5(10)2-3/h1-2,10-12H. The largest absolute Gasteiger partial charge is 0.508 e. The Morgan fingerprint density at radius 2 is 1.92 bits per heavy atom. The molecule has 12 heavy (non-hydrogen) atoms. The number of hydrogen-bond donors (Lipinski definition) is 3. The molecule has 0 spiro atoms. The van der Waals surface area contributed by atoms with Crippen LogP contribution in [-0.2, 0) is 0 Å². The molecule has 3 N–H and O–H groups in total. The van der Waals surface area contributed by atoms with Crippen molar-refractivity contribution >= 4 is 24.2 Å². The summed E-state index contributed by atoms with van der Waals surface area (Å²) < 4.78 is 12.8. The van der Waals surface area contributed by atoms with Gasteiger partial charge < -0.3 is 15.2 Å². The molecule has 0 atom stereocenters. The first-order valence-corrected chi connectivity index (χ1v) is 3.44. The van der Waals surface area contributed by atoms with E-state index in [0.29, 0.717) is 0 Å². The van der Waals surface area contributed by atoms with E-state index in [4.69, 9.17) is 26.8 Å². The summed E-state index contributed by atoms with van der Waals surface area (Å²) in [5, 5.41) is 26.2. The van der Waals surface area contributed by atoms with Gasteiger partial charge in [-0.25, -0.2) is 4.39 Å². The Morgan fingerprint density at radius 3 is 2.33 bits per heavy atom. The SMILES string of the molecule is OB(O)c1c(O)cc(Cl)cc1F. The molecule has 64 valence electrons. The van der Waals surface area contributed by atoms with Crippen LogP contribution >= 0.6 is 11.6 Å². The van der Waals surface area contributed by atoms with Gasteiger partial charge in [0.2, 0.25) is 0 Å². The average molecular weight is 190 g/mol. The van der Waals surface area contributed by atoms with Crippen LogP contribution in [0.15, 0.2) is 12.1 Å². The first kappa shape index (κ1) is 9.31. The highest BCUT2D eigenvalue weighted by atomic mass is 35.5. The normalized spacial score (nSPS) is 10.0. The maximum absolute atomic E-state index is 12.8. The van der Waals surface area contributed by atoms with Crippen molar-refractivity contribution in [3.8, 4) is 5.75 Å². The molecule has 0 fully saturated rings. The molecule has 0 saturated carbocycles. The Morgan fingerprint density at radius 1 is 1.33 bits per heavy atom. The number of phenols is 1. The van der Waals surface area contributed by atoms with Crippen molar-refractivity contribution in [3.63, 3.8) is 0 Å². The van der Waals surface area contributed by atoms with Gasteiger partial charge in [0.25, 0.3) is 0 Å². The first-order chi connectivity index (χ1) is 5.52. The molecule has 0 unspecified atom stereocenters. The fourth-order valence-corrected chi connectivity index (χ4v) is 1.03. The van der Waals surface area contributed by atoms with E-state index in [0.717, 1.165) is 12.1 Å². The zero-order valence-electron chi connectivity index (χ0n) is 5.83. The summed E-state index contributed by atoms with van der Waals surface area (Å²) in [6.45, 7) is 0. The third kappa shape index (κ3) is 1.69. The van der Waals surface area contributed by atoms with Crippen LogP contribution in [0, 0.1) is 5.82 Å². The lowest BCUT2D eigenvalue weighted by Gasteiger charge is -2.04. The molecule has 0 aliphatic carbocycles. The van der Waals surface area contributed by atoms with Gasteiger partial charge in [0.1, 0.15) is 11.6 Å². The second-order valence-electron chi connectivity index (χ2n) is 2.19. The predicted octanol–water partition coefficient (Wildman–Crippen LogP) is -0.136. The van der Waals surface area contributed by atoms with Crippen molar-refractivity contribution in [2.24, 2.45) is 0 Å². The van der Waals surface area contributed by atoms with Gasteiger partial charge in [-0.2, -0.15) is 0 Å². The summed E-state index contributed by atoms with van der Waals surface area (Å²) in [7, 11) is -2.04. The maximum Gasteiger partial charge on any atom is 0.495 e. The molecule has 0 aliphatic rings. The van der Waals surface area contributed by atoms with E-state index in [2.05, 4.69) is 0 Å². The summed E-state index contributed by atoms with van der Waals surface area (Å²) in [6.07, 6.45) is 0. The second-order valence-corrected chi connectivity index (χ2v) is 2.63. The second kappa shape index (κ2) is 3.31. The Balaban J connectivity index is 3.28. The molecule has 0 bridgehead atoms. The summed E-state index contributed by atoms with van der Waals surface area (Å²) in [5.41, 5.74) is -0.570. The average Bonchev–Trinajstić information content (AvgIpc) is 1.82. The molecular weight excluding hydrogens is 185 g/mol. The number of halogens is 2. The van der Waals surface area contributed by atoms with E-state index in [1.807, 2.05) is 0 Å². The molecule has 0 amide bonds. The quantitative estimate of drug-likeness (QED) is 0.540. The molecule has 1 aromatic carbocycles. The van der Waals surface area contributed by atoms with Gasteiger partial charge in [0, 0.05) is 5.02 Å². The van der Waals surface area contributed by atoms with E-state index >= 15 is 0 Å². The summed E-state index contributed by atoms with van der Waals surface area (Å²) in [5.74, 6) is -1.52. The number of phenolic OH excluding ortho intramolecular Hbond substituents is 1. The van der Waals surface area contributed by atoms with Crippen molar-refractivity contribution in [1.82, 2.24) is 0 Å². The van der Waals surface area contributed by atoms with Gasteiger partial charge in [0.05, 0.1) is 5.46 Å². The topological polar surface area (TPSA) is 60.7 Å². The van der Waals surface area contributed by atoms with Crippen LogP contribution in [0.5, 0.6) is 5.75 Å². The van der Waals surface area contributed by atoms with Crippen molar-refractivity contribution in [1.29, 1.82) is 0 Å². The van der Waals surface area contributed by atoms with E-state index in [9.17, 15) is 4.39 Å². The molecule has 0 aromatic heterocycles. The van der Waals surface area contributed by atoms with Crippen molar-refractivity contribution in [3.05, 3.63) is 23.0 Å². The minimum Gasteiger partial charge on any atom is -0.508 e. The van der Waals surface area contributed by atoms with Gasteiger partial charge in [-0.15, -0.1) is 0 Å². The fraction of sp³-hybridized carbons (Fsp3) is 0. The Hall–Kier alpha value is -0.775. The van der Waals surface area contributed by atoms with Crippen molar-refractivity contribution in [2.45, 2.75) is 0 Å². The summed E-state index contributed by atoms with van der Waals surface area (Å²) in [6, 6.07) is 1.91.